The number of nitrogens with zero attached hydrogens (tertiary/aromatic N) is 5. The zero-order chi connectivity index (χ0) is 22.8. The largest absolute Gasteiger partial charge is 0.370 e. The molecule has 5 heterocycles. The lowest BCUT2D eigenvalue weighted by Crippen LogP contribution is -2.36. The molecule has 0 amide bonds. The lowest BCUT2D eigenvalue weighted by atomic mass is 9.82. The molecule has 3 aromatic rings. The Morgan fingerprint density at radius 1 is 1.03 bits per heavy atom. The van der Waals surface area contributed by atoms with Crippen molar-refractivity contribution >= 4 is 17.1 Å². The summed E-state index contributed by atoms with van der Waals surface area (Å²) in [5.41, 5.74) is 5.46. The highest BCUT2D eigenvalue weighted by atomic mass is 16.1. The van der Waals surface area contributed by atoms with Crippen LogP contribution in [0.5, 0.6) is 0 Å². The first-order valence-electron chi connectivity index (χ1n) is 12.4. The van der Waals surface area contributed by atoms with E-state index in [0.717, 1.165) is 49.8 Å². The number of likely N-dealkylation sites (tertiary alicyclic amines) is 1. The van der Waals surface area contributed by atoms with Gasteiger partial charge >= 0.3 is 0 Å². The molecule has 174 valence electrons. The van der Waals surface area contributed by atoms with Crippen LogP contribution in [-0.4, -0.2) is 51.2 Å². The van der Waals surface area contributed by atoms with Crippen LogP contribution in [0.15, 0.2) is 43.0 Å². The second-order valence-corrected chi connectivity index (χ2v) is 10.5. The number of carbonyl (C=O) groups is 1. The molecule has 0 radical (unpaired) electrons. The lowest BCUT2D eigenvalue weighted by Gasteiger charge is -2.36. The highest BCUT2D eigenvalue weighted by molar-refractivity contribution is 5.96. The molecule has 6 heteroatoms. The summed E-state index contributed by atoms with van der Waals surface area (Å²) in [6.45, 7) is 10.2. The zero-order valence-corrected chi connectivity index (χ0v) is 20.0. The van der Waals surface area contributed by atoms with Crippen LogP contribution in [0.2, 0.25) is 0 Å². The predicted octanol–water partition coefficient (Wildman–Crippen LogP) is 4.77. The van der Waals surface area contributed by atoms with Gasteiger partial charge in [-0.15, -0.1) is 0 Å². The van der Waals surface area contributed by atoms with Crippen LogP contribution in [0, 0.1) is 5.41 Å². The van der Waals surface area contributed by atoms with Crippen molar-refractivity contribution in [2.45, 2.75) is 58.9 Å². The molecule has 0 atom stereocenters. The number of Topliss-reactive ketones (excluding diaryl/α,β-unsaturated/α-hetero) is 1. The van der Waals surface area contributed by atoms with Gasteiger partial charge in [0.15, 0.2) is 5.78 Å². The van der Waals surface area contributed by atoms with Crippen LogP contribution in [0.3, 0.4) is 0 Å². The number of ketones is 1. The predicted molar refractivity (Wildman–Crippen MR) is 132 cm³/mol. The van der Waals surface area contributed by atoms with Crippen LogP contribution in [-0.2, 0) is 13.0 Å². The maximum absolute atomic E-state index is 12.8. The smallest absolute Gasteiger partial charge is 0.164 e. The van der Waals surface area contributed by atoms with Crippen LogP contribution < -0.4 is 4.90 Å². The molecule has 3 aromatic heterocycles. The number of imidazole rings is 1. The van der Waals surface area contributed by atoms with Gasteiger partial charge in [0.05, 0.1) is 17.6 Å². The Labute approximate surface area is 196 Å². The van der Waals surface area contributed by atoms with E-state index in [0.29, 0.717) is 23.8 Å². The van der Waals surface area contributed by atoms with Crippen LogP contribution >= 0.6 is 0 Å². The molecule has 5 rings (SSSR count). The summed E-state index contributed by atoms with van der Waals surface area (Å²) in [4.78, 5) is 26.7. The van der Waals surface area contributed by atoms with Gasteiger partial charge in [-0.3, -0.25) is 14.7 Å². The van der Waals surface area contributed by atoms with Crippen molar-refractivity contribution in [1.82, 2.24) is 19.3 Å². The van der Waals surface area contributed by atoms with E-state index >= 15 is 0 Å². The standard InChI is InChI=1S/C27H35N5O/c1-27(2)9-13-30(14-10-27)18-21-5-8-26-29-23(20-32(26)19-21)6-7-25(33)22-15-24(17-28-16-22)31-11-3-4-12-31/h5,8,15-17,19-20H,3-4,6-7,9-14,18H2,1-2H3. The first-order chi connectivity index (χ1) is 15.9. The van der Waals surface area contributed by atoms with Crippen molar-refractivity contribution < 1.29 is 4.79 Å². The first-order valence-corrected chi connectivity index (χ1v) is 12.4. The fourth-order valence-corrected chi connectivity index (χ4v) is 4.99. The number of hydrogen-bond acceptors (Lipinski definition) is 5. The first kappa shape index (κ1) is 22.1. The number of anilines is 1. The summed E-state index contributed by atoms with van der Waals surface area (Å²) in [6, 6.07) is 6.28. The Hall–Kier alpha value is -2.73. The number of hydrogen-bond donors (Lipinski definition) is 0. The normalized spacial score (nSPS) is 18.8. The lowest BCUT2D eigenvalue weighted by molar-refractivity contribution is 0.0982. The second-order valence-electron chi connectivity index (χ2n) is 10.5. The molecule has 2 aliphatic heterocycles. The number of carbonyl (C=O) groups excluding carboxylic acids is 1. The minimum atomic E-state index is 0.134. The molecule has 0 bridgehead atoms. The SMILES string of the molecule is CC1(C)CCN(Cc2ccc3nc(CCC(=O)c4cncc(N5CCCC5)c4)cn3c2)CC1. The van der Waals surface area contributed by atoms with Gasteiger partial charge in [-0.2, -0.15) is 0 Å². The Balaban J connectivity index is 1.20. The molecular formula is C27H35N5O. The summed E-state index contributed by atoms with van der Waals surface area (Å²) in [6.07, 6.45) is 13.9. The van der Waals surface area contributed by atoms with Gasteiger partial charge < -0.3 is 9.30 Å². The molecule has 2 aliphatic rings. The summed E-state index contributed by atoms with van der Waals surface area (Å²) in [5.74, 6) is 0.134. The number of aromatic nitrogens is 3. The fourth-order valence-electron chi connectivity index (χ4n) is 4.99. The molecule has 0 unspecified atom stereocenters. The summed E-state index contributed by atoms with van der Waals surface area (Å²) in [7, 11) is 0. The third-order valence-corrected chi connectivity index (χ3v) is 7.30. The molecule has 6 nitrogen and oxygen atoms in total. The fraction of sp³-hybridized carbons (Fsp3) is 0.519. The summed E-state index contributed by atoms with van der Waals surface area (Å²) >= 11 is 0. The van der Waals surface area contributed by atoms with Crippen molar-refractivity contribution in [1.29, 1.82) is 0 Å². The van der Waals surface area contributed by atoms with E-state index in [1.54, 1.807) is 6.20 Å². The third kappa shape index (κ3) is 5.27. The second kappa shape index (κ2) is 9.26. The maximum Gasteiger partial charge on any atom is 0.164 e. The van der Waals surface area contributed by atoms with Gasteiger partial charge in [0.1, 0.15) is 5.65 Å². The molecule has 2 saturated heterocycles. The molecule has 0 N–H and O–H groups in total. The summed E-state index contributed by atoms with van der Waals surface area (Å²) < 4.78 is 2.11. The average Bonchev–Trinajstić information content (AvgIpc) is 3.49. The quantitative estimate of drug-likeness (QED) is 0.491. The third-order valence-electron chi connectivity index (χ3n) is 7.30. The Morgan fingerprint density at radius 3 is 2.61 bits per heavy atom. The molecule has 0 saturated carbocycles. The van der Waals surface area contributed by atoms with Crippen LogP contribution in [0.1, 0.15) is 67.6 Å². The Kier molecular flexibility index (Phi) is 6.19. The van der Waals surface area contributed by atoms with Gasteiger partial charge in [0.2, 0.25) is 0 Å². The van der Waals surface area contributed by atoms with E-state index in [-0.39, 0.29) is 5.78 Å². The molecule has 2 fully saturated rings. The van der Waals surface area contributed by atoms with E-state index in [2.05, 4.69) is 57.6 Å². The van der Waals surface area contributed by atoms with Gasteiger partial charge in [-0.05, 0) is 68.3 Å². The van der Waals surface area contributed by atoms with Gasteiger partial charge in [0, 0.05) is 50.2 Å². The molecule has 0 spiro atoms. The van der Waals surface area contributed by atoms with E-state index in [1.165, 1.54) is 31.2 Å². The topological polar surface area (TPSA) is 53.7 Å². The number of aryl methyl sites for hydroxylation is 1. The highest BCUT2D eigenvalue weighted by Crippen LogP contribution is 2.30. The maximum atomic E-state index is 12.8. The molecule has 33 heavy (non-hydrogen) atoms. The minimum Gasteiger partial charge on any atom is -0.370 e. The Morgan fingerprint density at radius 2 is 1.82 bits per heavy atom. The van der Waals surface area contributed by atoms with Gasteiger partial charge in [-0.1, -0.05) is 19.9 Å². The average molecular weight is 446 g/mol. The van der Waals surface area contributed by atoms with Crippen molar-refractivity contribution in [3.63, 3.8) is 0 Å². The molecular weight excluding hydrogens is 410 g/mol. The summed E-state index contributed by atoms with van der Waals surface area (Å²) in [5, 5.41) is 0. The highest BCUT2D eigenvalue weighted by Gasteiger charge is 2.25. The number of piperidine rings is 1. The van der Waals surface area contributed by atoms with Crippen LogP contribution in [0.25, 0.3) is 5.65 Å². The van der Waals surface area contributed by atoms with Gasteiger partial charge in [0.25, 0.3) is 0 Å². The van der Waals surface area contributed by atoms with Crippen molar-refractivity contribution in [3.8, 4) is 0 Å². The Bertz CT molecular complexity index is 1120. The minimum absolute atomic E-state index is 0.134. The van der Waals surface area contributed by atoms with E-state index in [4.69, 9.17) is 4.98 Å². The van der Waals surface area contributed by atoms with E-state index in [9.17, 15) is 4.79 Å². The van der Waals surface area contributed by atoms with E-state index < -0.39 is 0 Å². The van der Waals surface area contributed by atoms with Crippen molar-refractivity contribution in [2.75, 3.05) is 31.1 Å². The molecule has 0 aromatic carbocycles. The number of pyridine rings is 2. The van der Waals surface area contributed by atoms with E-state index in [1.807, 2.05) is 12.3 Å². The van der Waals surface area contributed by atoms with Crippen molar-refractivity contribution in [3.05, 3.63) is 59.8 Å². The molecule has 0 aliphatic carbocycles. The number of fused-ring (bicyclic) bond motifs is 1. The number of rotatable bonds is 7. The van der Waals surface area contributed by atoms with Gasteiger partial charge in [-0.25, -0.2) is 4.98 Å². The van der Waals surface area contributed by atoms with Crippen LogP contribution in [0.4, 0.5) is 5.69 Å². The van der Waals surface area contributed by atoms with Crippen molar-refractivity contribution in [2.24, 2.45) is 5.41 Å². The monoisotopic (exact) mass is 445 g/mol. The zero-order valence-electron chi connectivity index (χ0n) is 20.0.